The summed E-state index contributed by atoms with van der Waals surface area (Å²) in [7, 11) is 0. The highest BCUT2D eigenvalue weighted by atomic mass is 16.1. The monoisotopic (exact) mass is 251 g/mol. The SMILES string of the molecule is CC1(Cc2cccc(N)c2)Cc2ccccc2C1=O. The summed E-state index contributed by atoms with van der Waals surface area (Å²) >= 11 is 0. The van der Waals surface area contributed by atoms with Crippen molar-refractivity contribution in [3.05, 3.63) is 65.2 Å². The topological polar surface area (TPSA) is 43.1 Å². The number of rotatable bonds is 2. The van der Waals surface area contributed by atoms with E-state index in [-0.39, 0.29) is 11.2 Å². The predicted octanol–water partition coefficient (Wildman–Crippen LogP) is 3.26. The minimum Gasteiger partial charge on any atom is -0.399 e. The molecule has 0 spiro atoms. The Kier molecular flexibility index (Phi) is 2.67. The second kappa shape index (κ2) is 4.23. The first kappa shape index (κ1) is 12.0. The van der Waals surface area contributed by atoms with Gasteiger partial charge >= 0.3 is 0 Å². The van der Waals surface area contributed by atoms with Crippen molar-refractivity contribution < 1.29 is 4.79 Å². The van der Waals surface area contributed by atoms with Crippen LogP contribution in [0.3, 0.4) is 0 Å². The smallest absolute Gasteiger partial charge is 0.169 e. The molecule has 1 aliphatic carbocycles. The van der Waals surface area contributed by atoms with Gasteiger partial charge in [-0.1, -0.05) is 43.3 Å². The maximum absolute atomic E-state index is 12.6. The number of fused-ring (bicyclic) bond motifs is 1. The average Bonchev–Trinajstić information content (AvgIpc) is 2.62. The van der Waals surface area contributed by atoms with E-state index in [0.29, 0.717) is 0 Å². The van der Waals surface area contributed by atoms with Gasteiger partial charge in [0, 0.05) is 16.7 Å². The van der Waals surface area contributed by atoms with Crippen LogP contribution in [-0.2, 0) is 12.8 Å². The van der Waals surface area contributed by atoms with E-state index in [4.69, 9.17) is 5.73 Å². The van der Waals surface area contributed by atoms with Gasteiger partial charge in [-0.25, -0.2) is 0 Å². The molecule has 2 N–H and O–H groups in total. The first-order valence-corrected chi connectivity index (χ1v) is 6.56. The summed E-state index contributed by atoms with van der Waals surface area (Å²) in [5, 5.41) is 0. The third kappa shape index (κ3) is 2.03. The Labute approximate surface area is 113 Å². The number of nitrogens with two attached hydrogens (primary N) is 1. The minimum absolute atomic E-state index is 0.255. The highest BCUT2D eigenvalue weighted by Gasteiger charge is 2.41. The average molecular weight is 251 g/mol. The highest BCUT2D eigenvalue weighted by Crippen LogP contribution is 2.39. The van der Waals surface area contributed by atoms with Gasteiger partial charge in [0.15, 0.2) is 5.78 Å². The number of carbonyl (C=O) groups is 1. The molecule has 1 unspecified atom stereocenters. The van der Waals surface area contributed by atoms with E-state index in [1.807, 2.05) is 42.5 Å². The van der Waals surface area contributed by atoms with Crippen LogP contribution in [0.15, 0.2) is 48.5 Å². The molecular formula is C17H17NO. The largest absolute Gasteiger partial charge is 0.399 e. The van der Waals surface area contributed by atoms with Gasteiger partial charge in [0.2, 0.25) is 0 Å². The molecule has 2 heteroatoms. The van der Waals surface area contributed by atoms with Gasteiger partial charge in [-0.3, -0.25) is 4.79 Å². The van der Waals surface area contributed by atoms with E-state index in [9.17, 15) is 4.79 Å². The van der Waals surface area contributed by atoms with Crippen molar-refractivity contribution in [2.45, 2.75) is 19.8 Å². The van der Waals surface area contributed by atoms with Crippen molar-refractivity contribution in [2.24, 2.45) is 5.41 Å². The number of hydrogen-bond donors (Lipinski definition) is 1. The molecule has 0 radical (unpaired) electrons. The predicted molar refractivity (Wildman–Crippen MR) is 77.1 cm³/mol. The Bertz CT molecular complexity index is 647. The van der Waals surface area contributed by atoms with Crippen LogP contribution >= 0.6 is 0 Å². The molecule has 0 heterocycles. The van der Waals surface area contributed by atoms with Gasteiger partial charge in [0.05, 0.1) is 0 Å². The van der Waals surface area contributed by atoms with Crippen LogP contribution in [0.2, 0.25) is 0 Å². The van der Waals surface area contributed by atoms with Crippen LogP contribution in [0.5, 0.6) is 0 Å². The van der Waals surface area contributed by atoms with Crippen LogP contribution in [0.25, 0.3) is 0 Å². The van der Waals surface area contributed by atoms with Gasteiger partial charge < -0.3 is 5.73 Å². The van der Waals surface area contributed by atoms with Crippen molar-refractivity contribution in [3.63, 3.8) is 0 Å². The number of benzene rings is 2. The van der Waals surface area contributed by atoms with Crippen molar-refractivity contribution in [3.8, 4) is 0 Å². The number of hydrogen-bond acceptors (Lipinski definition) is 2. The first-order chi connectivity index (χ1) is 9.08. The van der Waals surface area contributed by atoms with E-state index < -0.39 is 0 Å². The van der Waals surface area contributed by atoms with Crippen LogP contribution in [-0.4, -0.2) is 5.78 Å². The molecule has 1 aliphatic rings. The van der Waals surface area contributed by atoms with Gasteiger partial charge in [0.1, 0.15) is 0 Å². The van der Waals surface area contributed by atoms with E-state index >= 15 is 0 Å². The molecule has 3 rings (SSSR count). The molecule has 0 aromatic heterocycles. The molecule has 0 saturated carbocycles. The zero-order chi connectivity index (χ0) is 13.5. The molecule has 2 aromatic rings. The molecule has 19 heavy (non-hydrogen) atoms. The van der Waals surface area contributed by atoms with Crippen molar-refractivity contribution in [2.75, 3.05) is 5.73 Å². The van der Waals surface area contributed by atoms with Crippen molar-refractivity contribution >= 4 is 11.5 Å². The quantitative estimate of drug-likeness (QED) is 0.832. The fourth-order valence-corrected chi connectivity index (χ4v) is 3.02. The number of ketones is 1. The summed E-state index contributed by atoms with van der Waals surface area (Å²) in [6.07, 6.45) is 1.56. The maximum atomic E-state index is 12.6. The lowest BCUT2D eigenvalue weighted by molar-refractivity contribution is 0.0842. The van der Waals surface area contributed by atoms with Crippen molar-refractivity contribution in [1.29, 1.82) is 0 Å². The fraction of sp³-hybridized carbons (Fsp3) is 0.235. The second-order valence-electron chi connectivity index (χ2n) is 5.65. The zero-order valence-electron chi connectivity index (χ0n) is 11.0. The van der Waals surface area contributed by atoms with Gasteiger partial charge in [-0.15, -0.1) is 0 Å². The Morgan fingerprint density at radius 3 is 2.68 bits per heavy atom. The third-order valence-corrected chi connectivity index (χ3v) is 3.94. The lowest BCUT2D eigenvalue weighted by Crippen LogP contribution is -2.26. The number of carbonyl (C=O) groups excluding carboxylic acids is 1. The molecule has 96 valence electrons. The molecular weight excluding hydrogens is 234 g/mol. The summed E-state index contributed by atoms with van der Waals surface area (Å²) in [5.41, 5.74) is 9.41. The minimum atomic E-state index is -0.336. The number of Topliss-reactive ketones (excluding diaryl/α,β-unsaturated/α-hetero) is 1. The van der Waals surface area contributed by atoms with Crippen molar-refractivity contribution in [1.82, 2.24) is 0 Å². The molecule has 0 saturated heterocycles. The van der Waals surface area contributed by atoms with Crippen LogP contribution < -0.4 is 5.73 Å². The summed E-state index contributed by atoms with van der Waals surface area (Å²) in [5.74, 6) is 0.255. The maximum Gasteiger partial charge on any atom is 0.169 e. The lowest BCUT2D eigenvalue weighted by atomic mass is 9.80. The second-order valence-corrected chi connectivity index (χ2v) is 5.65. The molecule has 1 atom stereocenters. The molecule has 2 nitrogen and oxygen atoms in total. The van der Waals surface area contributed by atoms with E-state index in [1.165, 1.54) is 5.56 Å². The zero-order valence-corrected chi connectivity index (χ0v) is 11.0. The summed E-state index contributed by atoms with van der Waals surface area (Å²) in [6.45, 7) is 2.05. The first-order valence-electron chi connectivity index (χ1n) is 6.56. The van der Waals surface area contributed by atoms with Crippen LogP contribution in [0, 0.1) is 5.41 Å². The van der Waals surface area contributed by atoms with E-state index in [2.05, 4.69) is 13.0 Å². The van der Waals surface area contributed by atoms with Crippen LogP contribution in [0.1, 0.15) is 28.4 Å². The van der Waals surface area contributed by atoms with Gasteiger partial charge in [-0.05, 0) is 36.1 Å². The Balaban J connectivity index is 1.92. The Hall–Kier alpha value is -2.09. The summed E-state index contributed by atoms with van der Waals surface area (Å²) < 4.78 is 0. The normalized spacial score (nSPS) is 21.4. The molecule has 0 bridgehead atoms. The van der Waals surface area contributed by atoms with E-state index in [1.54, 1.807) is 0 Å². The van der Waals surface area contributed by atoms with E-state index in [0.717, 1.165) is 29.7 Å². The van der Waals surface area contributed by atoms with Crippen LogP contribution in [0.4, 0.5) is 5.69 Å². The number of nitrogen functional groups attached to an aromatic ring is 1. The van der Waals surface area contributed by atoms with Gasteiger partial charge in [0.25, 0.3) is 0 Å². The molecule has 2 aromatic carbocycles. The lowest BCUT2D eigenvalue weighted by Gasteiger charge is -2.22. The third-order valence-electron chi connectivity index (χ3n) is 3.94. The molecule has 0 aliphatic heterocycles. The molecule has 0 amide bonds. The Morgan fingerprint density at radius 1 is 1.16 bits per heavy atom. The fourth-order valence-electron chi connectivity index (χ4n) is 3.02. The number of anilines is 1. The standard InChI is InChI=1S/C17H17NO/c1-17(10-12-5-4-7-14(18)9-12)11-13-6-2-3-8-15(13)16(17)19/h2-9H,10-11,18H2,1H3. The Morgan fingerprint density at radius 2 is 1.95 bits per heavy atom. The highest BCUT2D eigenvalue weighted by molar-refractivity contribution is 6.04. The van der Waals surface area contributed by atoms with Gasteiger partial charge in [-0.2, -0.15) is 0 Å². The molecule has 0 fully saturated rings. The summed E-state index contributed by atoms with van der Waals surface area (Å²) in [4.78, 5) is 12.6. The summed E-state index contributed by atoms with van der Waals surface area (Å²) in [6, 6.07) is 15.7.